The standard InChI is InChI=1S/C20H32N2O/c1-4-17-5-6-18(16(2)3)15-20(17)22-9-7-19(8-10-22)21-11-13-23-14-12-21/h5-6,15-16,19H,4,7-14H2,1-3H3. The molecule has 0 atom stereocenters. The number of ether oxygens (including phenoxy) is 1. The number of hydrogen-bond acceptors (Lipinski definition) is 3. The lowest BCUT2D eigenvalue weighted by Crippen LogP contribution is -2.49. The molecule has 2 aliphatic rings. The number of aryl methyl sites for hydroxylation is 1. The molecule has 3 nitrogen and oxygen atoms in total. The SMILES string of the molecule is CCc1ccc(C(C)C)cc1N1CCC(N2CCOCC2)CC1. The molecule has 2 aliphatic heterocycles. The molecule has 0 aliphatic carbocycles. The van der Waals surface area contributed by atoms with E-state index in [1.54, 1.807) is 0 Å². The zero-order valence-corrected chi connectivity index (χ0v) is 15.1. The minimum Gasteiger partial charge on any atom is -0.379 e. The molecule has 1 aromatic carbocycles. The Labute approximate surface area is 141 Å². The van der Waals surface area contributed by atoms with Crippen LogP contribution in [0.4, 0.5) is 5.69 Å². The van der Waals surface area contributed by atoms with Crippen LogP contribution in [0, 0.1) is 0 Å². The van der Waals surface area contributed by atoms with Gasteiger partial charge in [-0.1, -0.05) is 32.9 Å². The van der Waals surface area contributed by atoms with Crippen molar-refractivity contribution in [2.75, 3.05) is 44.3 Å². The van der Waals surface area contributed by atoms with E-state index in [1.807, 2.05) is 0 Å². The maximum Gasteiger partial charge on any atom is 0.0594 e. The zero-order valence-electron chi connectivity index (χ0n) is 15.1. The van der Waals surface area contributed by atoms with E-state index in [1.165, 1.54) is 42.7 Å². The molecular formula is C20H32N2O. The molecule has 1 aromatic rings. The van der Waals surface area contributed by atoms with Crippen LogP contribution in [0.2, 0.25) is 0 Å². The molecule has 0 amide bonds. The highest BCUT2D eigenvalue weighted by Crippen LogP contribution is 2.30. The highest BCUT2D eigenvalue weighted by atomic mass is 16.5. The molecule has 0 saturated carbocycles. The van der Waals surface area contributed by atoms with E-state index >= 15 is 0 Å². The first-order valence-corrected chi connectivity index (χ1v) is 9.38. The lowest BCUT2D eigenvalue weighted by molar-refractivity contribution is 0.0115. The summed E-state index contributed by atoms with van der Waals surface area (Å²) in [4.78, 5) is 5.27. The fourth-order valence-electron chi connectivity index (χ4n) is 3.95. The Bertz CT molecular complexity index is 500. The smallest absolute Gasteiger partial charge is 0.0594 e. The van der Waals surface area contributed by atoms with E-state index in [4.69, 9.17) is 4.74 Å². The summed E-state index contributed by atoms with van der Waals surface area (Å²) in [5.74, 6) is 0.602. The number of anilines is 1. The first-order chi connectivity index (χ1) is 11.2. The minimum absolute atomic E-state index is 0.602. The van der Waals surface area contributed by atoms with E-state index < -0.39 is 0 Å². The molecule has 2 saturated heterocycles. The zero-order chi connectivity index (χ0) is 16.2. The van der Waals surface area contributed by atoms with Gasteiger partial charge in [0.15, 0.2) is 0 Å². The molecule has 3 heteroatoms. The van der Waals surface area contributed by atoms with Gasteiger partial charge in [0.2, 0.25) is 0 Å². The van der Waals surface area contributed by atoms with Gasteiger partial charge in [-0.2, -0.15) is 0 Å². The average Bonchev–Trinajstić information content (AvgIpc) is 2.62. The number of nitrogens with zero attached hydrogens (tertiary/aromatic N) is 2. The molecule has 0 spiro atoms. The van der Waals surface area contributed by atoms with Crippen molar-refractivity contribution in [3.8, 4) is 0 Å². The second-order valence-corrected chi connectivity index (χ2v) is 7.26. The van der Waals surface area contributed by atoms with E-state index in [0.717, 1.165) is 38.8 Å². The molecule has 0 aromatic heterocycles. The number of morpholine rings is 1. The third-order valence-corrected chi connectivity index (χ3v) is 5.52. The molecule has 2 heterocycles. The average molecular weight is 316 g/mol. The Hall–Kier alpha value is -1.06. The first-order valence-electron chi connectivity index (χ1n) is 9.38. The van der Waals surface area contributed by atoms with Gasteiger partial charge in [0.1, 0.15) is 0 Å². The Morgan fingerprint density at radius 1 is 1.09 bits per heavy atom. The van der Waals surface area contributed by atoms with Gasteiger partial charge in [-0.25, -0.2) is 0 Å². The normalized spacial score (nSPS) is 21.1. The maximum absolute atomic E-state index is 5.49. The van der Waals surface area contributed by atoms with Gasteiger partial charge >= 0.3 is 0 Å². The molecule has 23 heavy (non-hydrogen) atoms. The Morgan fingerprint density at radius 2 is 1.78 bits per heavy atom. The Balaban J connectivity index is 1.67. The monoisotopic (exact) mass is 316 g/mol. The summed E-state index contributed by atoms with van der Waals surface area (Å²) in [6.07, 6.45) is 3.70. The lowest BCUT2D eigenvalue weighted by Gasteiger charge is -2.41. The van der Waals surface area contributed by atoms with Crippen molar-refractivity contribution >= 4 is 5.69 Å². The van der Waals surface area contributed by atoms with Gasteiger partial charge in [0.25, 0.3) is 0 Å². The maximum atomic E-state index is 5.49. The van der Waals surface area contributed by atoms with Crippen LogP contribution in [0.5, 0.6) is 0 Å². The molecule has 0 bridgehead atoms. The van der Waals surface area contributed by atoms with Gasteiger partial charge in [-0.3, -0.25) is 4.90 Å². The van der Waals surface area contributed by atoms with Crippen LogP contribution in [0.25, 0.3) is 0 Å². The number of hydrogen-bond donors (Lipinski definition) is 0. The van der Waals surface area contributed by atoms with Gasteiger partial charge in [-0.15, -0.1) is 0 Å². The molecule has 2 fully saturated rings. The van der Waals surface area contributed by atoms with E-state index in [-0.39, 0.29) is 0 Å². The summed E-state index contributed by atoms with van der Waals surface area (Å²) < 4.78 is 5.49. The van der Waals surface area contributed by atoms with Crippen molar-refractivity contribution in [1.29, 1.82) is 0 Å². The third kappa shape index (κ3) is 3.89. The van der Waals surface area contributed by atoms with Gasteiger partial charge in [0, 0.05) is 37.9 Å². The summed E-state index contributed by atoms with van der Waals surface area (Å²) in [5, 5.41) is 0. The predicted octanol–water partition coefficient (Wildman–Crippen LogP) is 3.67. The van der Waals surface area contributed by atoms with Crippen molar-refractivity contribution in [3.05, 3.63) is 29.3 Å². The summed E-state index contributed by atoms with van der Waals surface area (Å²) >= 11 is 0. The van der Waals surface area contributed by atoms with Gasteiger partial charge in [-0.05, 0) is 42.4 Å². The van der Waals surface area contributed by atoms with Crippen LogP contribution in [-0.2, 0) is 11.2 Å². The molecule has 0 radical (unpaired) electrons. The molecule has 3 rings (SSSR count). The van der Waals surface area contributed by atoms with Crippen LogP contribution >= 0.6 is 0 Å². The van der Waals surface area contributed by atoms with Crippen molar-refractivity contribution in [3.63, 3.8) is 0 Å². The van der Waals surface area contributed by atoms with E-state index in [0.29, 0.717) is 5.92 Å². The van der Waals surface area contributed by atoms with Gasteiger partial charge in [0.05, 0.1) is 13.2 Å². The van der Waals surface area contributed by atoms with Crippen LogP contribution in [-0.4, -0.2) is 50.3 Å². The van der Waals surface area contributed by atoms with Gasteiger partial charge < -0.3 is 9.64 Å². The quantitative estimate of drug-likeness (QED) is 0.843. The second kappa shape index (κ2) is 7.67. The van der Waals surface area contributed by atoms with Crippen LogP contribution in [0.3, 0.4) is 0 Å². The van der Waals surface area contributed by atoms with Crippen molar-refractivity contribution in [2.45, 2.75) is 52.0 Å². The lowest BCUT2D eigenvalue weighted by atomic mass is 9.96. The molecule has 0 unspecified atom stereocenters. The van der Waals surface area contributed by atoms with E-state index in [2.05, 4.69) is 48.8 Å². The molecular weight excluding hydrogens is 284 g/mol. The predicted molar refractivity (Wildman–Crippen MR) is 97.5 cm³/mol. The number of benzene rings is 1. The second-order valence-electron chi connectivity index (χ2n) is 7.26. The number of piperidine rings is 1. The number of rotatable bonds is 4. The first kappa shape index (κ1) is 16.8. The topological polar surface area (TPSA) is 15.7 Å². The fourth-order valence-corrected chi connectivity index (χ4v) is 3.95. The molecule has 128 valence electrons. The summed E-state index contributed by atoms with van der Waals surface area (Å²) in [6, 6.07) is 7.86. The van der Waals surface area contributed by atoms with Crippen molar-refractivity contribution < 1.29 is 4.74 Å². The van der Waals surface area contributed by atoms with Crippen molar-refractivity contribution in [1.82, 2.24) is 4.90 Å². The van der Waals surface area contributed by atoms with E-state index in [9.17, 15) is 0 Å². The summed E-state index contributed by atoms with van der Waals surface area (Å²) in [7, 11) is 0. The van der Waals surface area contributed by atoms with Crippen LogP contribution in [0.1, 0.15) is 50.7 Å². The largest absolute Gasteiger partial charge is 0.379 e. The third-order valence-electron chi connectivity index (χ3n) is 5.52. The highest BCUT2D eigenvalue weighted by molar-refractivity contribution is 5.56. The van der Waals surface area contributed by atoms with Crippen molar-refractivity contribution in [2.24, 2.45) is 0 Å². The minimum atomic E-state index is 0.602. The van der Waals surface area contributed by atoms with Crippen LogP contribution < -0.4 is 4.90 Å². The summed E-state index contributed by atoms with van der Waals surface area (Å²) in [6.45, 7) is 13.3. The molecule has 0 N–H and O–H groups in total. The fraction of sp³-hybridized carbons (Fsp3) is 0.700. The Morgan fingerprint density at radius 3 is 2.39 bits per heavy atom. The van der Waals surface area contributed by atoms with Crippen LogP contribution in [0.15, 0.2) is 18.2 Å². The Kier molecular flexibility index (Phi) is 5.60. The summed E-state index contributed by atoms with van der Waals surface area (Å²) in [5.41, 5.74) is 4.45. The highest BCUT2D eigenvalue weighted by Gasteiger charge is 2.26.